The molecule has 1 fully saturated rings. The van der Waals surface area contributed by atoms with Gasteiger partial charge in [-0.3, -0.25) is 0 Å². The second-order valence-corrected chi connectivity index (χ2v) is 9.88. The molecule has 0 aliphatic carbocycles. The number of benzene rings is 4. The van der Waals surface area contributed by atoms with Crippen LogP contribution < -0.4 is 10.4 Å². The van der Waals surface area contributed by atoms with Gasteiger partial charge in [0.25, 0.3) is 0 Å². The Bertz CT molecular complexity index is 1260. The summed E-state index contributed by atoms with van der Waals surface area (Å²) in [5.41, 5.74) is 4.91. The van der Waals surface area contributed by atoms with E-state index < -0.39 is 0 Å². The van der Waals surface area contributed by atoms with Crippen molar-refractivity contribution in [2.75, 3.05) is 4.90 Å². The molecule has 0 atom stereocenters. The third kappa shape index (κ3) is 4.05. The van der Waals surface area contributed by atoms with Gasteiger partial charge in [-0.2, -0.15) is 0 Å². The largest absolute Gasteiger partial charge is 0.494 e. The van der Waals surface area contributed by atoms with Crippen molar-refractivity contribution in [2.24, 2.45) is 0 Å². The van der Waals surface area contributed by atoms with Crippen LogP contribution >= 0.6 is 0 Å². The summed E-state index contributed by atoms with van der Waals surface area (Å²) < 4.78 is 12.5. The highest BCUT2D eigenvalue weighted by Gasteiger charge is 2.51. The average Bonchev–Trinajstić information content (AvgIpc) is 3.02. The minimum Gasteiger partial charge on any atom is -0.399 e. The van der Waals surface area contributed by atoms with Crippen LogP contribution in [0.15, 0.2) is 91.0 Å². The molecular weight excluding hydrogens is 405 g/mol. The van der Waals surface area contributed by atoms with E-state index in [0.29, 0.717) is 0 Å². The number of rotatable bonds is 4. The molecule has 0 radical (unpaired) electrons. The summed E-state index contributed by atoms with van der Waals surface area (Å²) in [6, 6.07) is 32.3. The van der Waals surface area contributed by atoms with E-state index in [0.717, 1.165) is 22.5 Å². The zero-order valence-electron chi connectivity index (χ0n) is 20.0. The highest BCUT2D eigenvalue weighted by molar-refractivity contribution is 6.62. The van der Waals surface area contributed by atoms with Gasteiger partial charge < -0.3 is 14.2 Å². The van der Waals surface area contributed by atoms with Crippen LogP contribution in [0.5, 0.6) is 0 Å². The molecule has 4 heteroatoms. The fourth-order valence-electron chi connectivity index (χ4n) is 4.22. The molecule has 1 aliphatic rings. The molecule has 3 nitrogen and oxygen atoms in total. The normalized spacial score (nSPS) is 16.8. The summed E-state index contributed by atoms with van der Waals surface area (Å²) in [4.78, 5) is 2.29. The third-order valence-corrected chi connectivity index (χ3v) is 6.96. The first-order valence-electron chi connectivity index (χ1n) is 11.5. The molecule has 1 heterocycles. The quantitative estimate of drug-likeness (QED) is 0.325. The molecule has 4 aromatic carbocycles. The van der Waals surface area contributed by atoms with Crippen LogP contribution in [-0.4, -0.2) is 18.3 Å². The SMILES string of the molecule is Cc1ccc(N(c2ccc(B3OC(C)(C)C(C)(C)O3)cc2)c2ccc3ccccc3c2)cc1. The molecule has 0 N–H and O–H groups in total. The maximum absolute atomic E-state index is 6.25. The molecule has 4 aromatic rings. The Balaban J connectivity index is 1.53. The minimum atomic E-state index is -0.363. The lowest BCUT2D eigenvalue weighted by Gasteiger charge is -2.32. The van der Waals surface area contributed by atoms with E-state index in [2.05, 4.69) is 131 Å². The van der Waals surface area contributed by atoms with Crippen molar-refractivity contribution >= 4 is 40.4 Å². The molecule has 0 saturated carbocycles. The Kier molecular flexibility index (Phi) is 5.31. The molecule has 166 valence electrons. The van der Waals surface area contributed by atoms with Gasteiger partial charge in [-0.15, -0.1) is 0 Å². The zero-order valence-corrected chi connectivity index (χ0v) is 20.0. The lowest BCUT2D eigenvalue weighted by Crippen LogP contribution is -2.41. The van der Waals surface area contributed by atoms with Gasteiger partial charge in [0.2, 0.25) is 0 Å². The second kappa shape index (κ2) is 8.05. The van der Waals surface area contributed by atoms with Gasteiger partial charge >= 0.3 is 7.12 Å². The van der Waals surface area contributed by atoms with Crippen LogP contribution in [0.1, 0.15) is 33.3 Å². The van der Waals surface area contributed by atoms with Gasteiger partial charge in [0, 0.05) is 17.1 Å². The number of hydrogen-bond donors (Lipinski definition) is 0. The molecule has 0 bridgehead atoms. The molecule has 0 unspecified atom stereocenters. The van der Waals surface area contributed by atoms with Crippen molar-refractivity contribution < 1.29 is 9.31 Å². The summed E-state index contributed by atoms with van der Waals surface area (Å²) in [6.07, 6.45) is 0. The first-order valence-corrected chi connectivity index (χ1v) is 11.5. The summed E-state index contributed by atoms with van der Waals surface area (Å²) in [6.45, 7) is 10.4. The third-order valence-electron chi connectivity index (χ3n) is 6.96. The number of aryl methyl sites for hydroxylation is 1. The highest BCUT2D eigenvalue weighted by Crippen LogP contribution is 2.38. The van der Waals surface area contributed by atoms with E-state index in [1.54, 1.807) is 0 Å². The van der Waals surface area contributed by atoms with Gasteiger partial charge in [0.15, 0.2) is 0 Å². The average molecular weight is 435 g/mol. The van der Waals surface area contributed by atoms with E-state index in [9.17, 15) is 0 Å². The van der Waals surface area contributed by atoms with Crippen molar-refractivity contribution in [1.29, 1.82) is 0 Å². The molecule has 33 heavy (non-hydrogen) atoms. The predicted octanol–water partition coefficient (Wildman–Crippen LogP) is 6.92. The highest BCUT2D eigenvalue weighted by atomic mass is 16.7. The molecule has 5 rings (SSSR count). The van der Waals surface area contributed by atoms with Crippen LogP contribution in [0.2, 0.25) is 0 Å². The fraction of sp³-hybridized carbons (Fsp3) is 0.241. The Morgan fingerprint density at radius 3 is 1.73 bits per heavy atom. The fourth-order valence-corrected chi connectivity index (χ4v) is 4.22. The number of fused-ring (bicyclic) bond motifs is 1. The van der Waals surface area contributed by atoms with Crippen molar-refractivity contribution in [1.82, 2.24) is 0 Å². The summed E-state index contributed by atoms with van der Waals surface area (Å²) >= 11 is 0. The Hall–Kier alpha value is -3.08. The summed E-state index contributed by atoms with van der Waals surface area (Å²) in [5.74, 6) is 0. The van der Waals surface area contributed by atoms with Gasteiger partial charge in [-0.1, -0.05) is 60.2 Å². The van der Waals surface area contributed by atoms with Crippen LogP contribution in [0.25, 0.3) is 10.8 Å². The standard InChI is InChI=1S/C29H30BNO2/c1-21-10-15-25(16-11-21)31(27-17-12-22-8-6-7-9-23(22)20-27)26-18-13-24(14-19-26)30-32-28(2,3)29(4,5)33-30/h6-20H,1-5H3. The topological polar surface area (TPSA) is 21.7 Å². The monoisotopic (exact) mass is 435 g/mol. The molecule has 0 amide bonds. The van der Waals surface area contributed by atoms with Crippen LogP contribution in [0.4, 0.5) is 17.1 Å². The lowest BCUT2D eigenvalue weighted by molar-refractivity contribution is 0.00578. The van der Waals surface area contributed by atoms with Gasteiger partial charge in [0.1, 0.15) is 0 Å². The van der Waals surface area contributed by atoms with E-state index >= 15 is 0 Å². The summed E-state index contributed by atoms with van der Waals surface area (Å²) in [7, 11) is -0.363. The maximum atomic E-state index is 6.25. The van der Waals surface area contributed by atoms with E-state index in [1.807, 2.05) is 0 Å². The number of hydrogen-bond acceptors (Lipinski definition) is 3. The second-order valence-electron chi connectivity index (χ2n) is 9.88. The lowest BCUT2D eigenvalue weighted by atomic mass is 9.79. The predicted molar refractivity (Wildman–Crippen MR) is 139 cm³/mol. The zero-order chi connectivity index (χ0) is 23.2. The molecule has 1 saturated heterocycles. The van der Waals surface area contributed by atoms with E-state index in [-0.39, 0.29) is 18.3 Å². The Morgan fingerprint density at radius 1 is 0.606 bits per heavy atom. The number of anilines is 3. The summed E-state index contributed by atoms with van der Waals surface area (Å²) in [5, 5.41) is 2.46. The van der Waals surface area contributed by atoms with Crippen molar-refractivity contribution in [3.05, 3.63) is 96.6 Å². The first-order chi connectivity index (χ1) is 15.7. The Morgan fingerprint density at radius 2 is 1.12 bits per heavy atom. The van der Waals surface area contributed by atoms with Gasteiger partial charge in [-0.25, -0.2) is 0 Å². The first kappa shape index (κ1) is 21.8. The molecule has 0 aromatic heterocycles. The van der Waals surface area contributed by atoms with Gasteiger partial charge in [-0.05, 0) is 87.3 Å². The van der Waals surface area contributed by atoms with Gasteiger partial charge in [0.05, 0.1) is 11.2 Å². The van der Waals surface area contributed by atoms with Crippen molar-refractivity contribution in [3.8, 4) is 0 Å². The molecule has 1 aliphatic heterocycles. The van der Waals surface area contributed by atoms with Crippen molar-refractivity contribution in [3.63, 3.8) is 0 Å². The van der Waals surface area contributed by atoms with E-state index in [4.69, 9.17) is 9.31 Å². The van der Waals surface area contributed by atoms with Crippen molar-refractivity contribution in [2.45, 2.75) is 45.8 Å². The van der Waals surface area contributed by atoms with Crippen LogP contribution in [0.3, 0.4) is 0 Å². The smallest absolute Gasteiger partial charge is 0.399 e. The maximum Gasteiger partial charge on any atom is 0.494 e. The van der Waals surface area contributed by atoms with Crippen LogP contribution in [-0.2, 0) is 9.31 Å². The Labute approximate surface area is 197 Å². The molecule has 0 spiro atoms. The molecular formula is C29H30BNO2. The van der Waals surface area contributed by atoms with E-state index in [1.165, 1.54) is 16.3 Å². The van der Waals surface area contributed by atoms with Crippen LogP contribution in [0, 0.1) is 6.92 Å². The minimum absolute atomic E-state index is 0.352. The number of nitrogens with zero attached hydrogens (tertiary/aromatic N) is 1.